The second-order valence-electron chi connectivity index (χ2n) is 10.2. The lowest BCUT2D eigenvalue weighted by Crippen LogP contribution is -2.42. The van der Waals surface area contributed by atoms with Crippen LogP contribution in [0.5, 0.6) is 0 Å². The van der Waals surface area contributed by atoms with Crippen LogP contribution in [0.4, 0.5) is 5.95 Å². The summed E-state index contributed by atoms with van der Waals surface area (Å²) in [5.41, 5.74) is 8.26. The number of anilines is 1. The van der Waals surface area contributed by atoms with Crippen molar-refractivity contribution in [1.29, 1.82) is 0 Å². The van der Waals surface area contributed by atoms with Crippen LogP contribution in [0.3, 0.4) is 0 Å². The number of nitrogens with two attached hydrogens (primary N) is 1. The Balaban J connectivity index is 1.47. The SMILES string of the molecule is CCCCNc1ncc2c(-c3ccc(S(=O)(=O)N4CCC(N)CC4)cc3)nn([C@H]3CC[C@H](O)CC3)c2n1. The van der Waals surface area contributed by atoms with Gasteiger partial charge in [0.2, 0.25) is 16.0 Å². The Morgan fingerprint density at radius 3 is 2.46 bits per heavy atom. The van der Waals surface area contributed by atoms with Crippen molar-refractivity contribution in [2.24, 2.45) is 5.73 Å². The molecule has 4 N–H and O–H groups in total. The lowest BCUT2D eigenvalue weighted by Gasteiger charge is -2.29. The van der Waals surface area contributed by atoms with Gasteiger partial charge in [-0.15, -0.1) is 0 Å². The van der Waals surface area contributed by atoms with Crippen LogP contribution in [-0.2, 0) is 10.0 Å². The molecule has 2 aliphatic rings. The van der Waals surface area contributed by atoms with Gasteiger partial charge in [-0.1, -0.05) is 25.5 Å². The molecule has 200 valence electrons. The molecule has 0 unspecified atom stereocenters. The van der Waals surface area contributed by atoms with Crippen LogP contribution in [0.25, 0.3) is 22.3 Å². The van der Waals surface area contributed by atoms with E-state index in [0.717, 1.165) is 67.4 Å². The topological polar surface area (TPSA) is 139 Å². The van der Waals surface area contributed by atoms with Crippen molar-refractivity contribution in [3.8, 4) is 11.3 Å². The van der Waals surface area contributed by atoms with E-state index in [4.69, 9.17) is 15.8 Å². The van der Waals surface area contributed by atoms with Crippen LogP contribution in [0.15, 0.2) is 35.4 Å². The van der Waals surface area contributed by atoms with Crippen molar-refractivity contribution in [2.75, 3.05) is 25.0 Å². The average Bonchev–Trinajstić information content (AvgIpc) is 3.28. The first-order chi connectivity index (χ1) is 17.9. The molecule has 0 spiro atoms. The van der Waals surface area contributed by atoms with Gasteiger partial charge in [0, 0.05) is 37.4 Å². The number of benzene rings is 1. The first-order valence-corrected chi connectivity index (χ1v) is 14.8. The molecule has 0 radical (unpaired) electrons. The van der Waals surface area contributed by atoms with Crippen LogP contribution in [0, 0.1) is 0 Å². The number of hydrogen-bond donors (Lipinski definition) is 3. The minimum absolute atomic E-state index is 0.0641. The number of nitrogens with zero attached hydrogens (tertiary/aromatic N) is 5. The van der Waals surface area contributed by atoms with E-state index in [0.29, 0.717) is 31.9 Å². The number of hydrogen-bond acceptors (Lipinski definition) is 8. The maximum absolute atomic E-state index is 13.2. The molecule has 1 aliphatic carbocycles. The second-order valence-corrected chi connectivity index (χ2v) is 12.2. The smallest absolute Gasteiger partial charge is 0.243 e. The maximum atomic E-state index is 13.2. The van der Waals surface area contributed by atoms with Crippen molar-refractivity contribution >= 4 is 27.0 Å². The lowest BCUT2D eigenvalue weighted by atomic mass is 9.93. The largest absolute Gasteiger partial charge is 0.393 e. The summed E-state index contributed by atoms with van der Waals surface area (Å²) in [6, 6.07) is 7.14. The van der Waals surface area contributed by atoms with E-state index in [1.54, 1.807) is 18.3 Å². The van der Waals surface area contributed by atoms with Gasteiger partial charge in [-0.05, 0) is 57.1 Å². The lowest BCUT2D eigenvalue weighted by molar-refractivity contribution is 0.109. The molecule has 1 saturated heterocycles. The Labute approximate surface area is 218 Å². The zero-order valence-corrected chi connectivity index (χ0v) is 22.2. The minimum Gasteiger partial charge on any atom is -0.393 e. The number of sulfonamides is 1. The van der Waals surface area contributed by atoms with E-state index in [1.165, 1.54) is 4.31 Å². The summed E-state index contributed by atoms with van der Waals surface area (Å²) in [5.74, 6) is 0.576. The predicted octanol–water partition coefficient (Wildman–Crippen LogP) is 3.29. The van der Waals surface area contributed by atoms with Crippen LogP contribution < -0.4 is 11.1 Å². The summed E-state index contributed by atoms with van der Waals surface area (Å²) in [7, 11) is -3.57. The van der Waals surface area contributed by atoms with Crippen molar-refractivity contribution in [1.82, 2.24) is 24.1 Å². The molecule has 1 saturated carbocycles. The second kappa shape index (κ2) is 11.0. The molecular formula is C26H37N7O3S. The van der Waals surface area contributed by atoms with Crippen molar-refractivity contribution in [2.45, 2.75) is 81.4 Å². The van der Waals surface area contributed by atoms with Gasteiger partial charge in [0.05, 0.1) is 22.4 Å². The number of rotatable bonds is 8. The predicted molar refractivity (Wildman–Crippen MR) is 144 cm³/mol. The molecule has 1 aromatic carbocycles. The van der Waals surface area contributed by atoms with Crippen molar-refractivity contribution in [3.05, 3.63) is 30.5 Å². The quantitative estimate of drug-likeness (QED) is 0.379. The average molecular weight is 528 g/mol. The summed E-state index contributed by atoms with van der Waals surface area (Å²) < 4.78 is 29.8. The molecule has 5 rings (SSSR count). The molecule has 0 amide bonds. The third-order valence-corrected chi connectivity index (χ3v) is 9.45. The van der Waals surface area contributed by atoms with Crippen LogP contribution in [0.1, 0.15) is 64.3 Å². The molecular weight excluding hydrogens is 490 g/mol. The van der Waals surface area contributed by atoms with Gasteiger partial charge in [0.25, 0.3) is 0 Å². The normalized spacial score (nSPS) is 21.9. The Morgan fingerprint density at radius 1 is 1.08 bits per heavy atom. The van der Waals surface area contributed by atoms with Gasteiger partial charge in [-0.25, -0.2) is 18.1 Å². The first kappa shape index (κ1) is 26.0. The fourth-order valence-corrected chi connectivity index (χ4v) is 6.68. The Kier molecular flexibility index (Phi) is 7.75. The van der Waals surface area contributed by atoms with Gasteiger partial charge in [0.15, 0.2) is 5.65 Å². The van der Waals surface area contributed by atoms with E-state index in [1.807, 2.05) is 16.8 Å². The fourth-order valence-electron chi connectivity index (χ4n) is 5.21. The highest BCUT2D eigenvalue weighted by atomic mass is 32.2. The highest BCUT2D eigenvalue weighted by Crippen LogP contribution is 2.35. The molecule has 3 aromatic rings. The maximum Gasteiger partial charge on any atom is 0.243 e. The number of fused-ring (bicyclic) bond motifs is 1. The number of aliphatic hydroxyl groups is 1. The van der Waals surface area contributed by atoms with Crippen LogP contribution >= 0.6 is 0 Å². The molecule has 37 heavy (non-hydrogen) atoms. The number of unbranched alkanes of at least 4 members (excludes halogenated alkanes) is 1. The van der Waals surface area contributed by atoms with E-state index in [9.17, 15) is 13.5 Å². The molecule has 2 aromatic heterocycles. The number of aliphatic hydroxyl groups excluding tert-OH is 1. The monoisotopic (exact) mass is 527 g/mol. The van der Waals surface area contributed by atoms with Crippen molar-refractivity contribution in [3.63, 3.8) is 0 Å². The van der Waals surface area contributed by atoms with E-state index in [-0.39, 0.29) is 23.1 Å². The van der Waals surface area contributed by atoms with Crippen LogP contribution in [0.2, 0.25) is 0 Å². The summed E-state index contributed by atoms with van der Waals surface area (Å²) in [6.45, 7) is 3.84. The molecule has 2 fully saturated rings. The highest BCUT2D eigenvalue weighted by molar-refractivity contribution is 7.89. The van der Waals surface area contributed by atoms with Crippen LogP contribution in [-0.4, -0.2) is 69.4 Å². The zero-order chi connectivity index (χ0) is 26.0. The van der Waals surface area contributed by atoms with E-state index < -0.39 is 10.0 Å². The van der Waals surface area contributed by atoms with Gasteiger partial charge in [-0.2, -0.15) is 14.4 Å². The summed E-state index contributed by atoms with van der Waals surface area (Å²) >= 11 is 0. The fraction of sp³-hybridized carbons (Fsp3) is 0.577. The summed E-state index contributed by atoms with van der Waals surface area (Å²) in [6.07, 6.45) is 8.14. The Bertz CT molecular complexity index is 1310. The third-order valence-electron chi connectivity index (χ3n) is 7.54. The van der Waals surface area contributed by atoms with Gasteiger partial charge >= 0.3 is 0 Å². The van der Waals surface area contributed by atoms with E-state index in [2.05, 4.69) is 17.2 Å². The molecule has 3 heterocycles. The zero-order valence-electron chi connectivity index (χ0n) is 21.4. The van der Waals surface area contributed by atoms with Gasteiger partial charge in [-0.3, -0.25) is 0 Å². The minimum atomic E-state index is -3.57. The molecule has 0 atom stereocenters. The standard InChI is InChI=1S/C26H37N7O3S/c1-2-3-14-28-26-29-17-23-24(31-33(25(23)30-26)20-6-8-21(34)9-7-20)18-4-10-22(11-5-18)37(35,36)32-15-12-19(27)13-16-32/h4-5,10-11,17,19-21,34H,2-3,6-9,12-16,27H2,1H3,(H,28,29,30)/t20-,21-. The molecule has 0 bridgehead atoms. The summed E-state index contributed by atoms with van der Waals surface area (Å²) in [4.78, 5) is 9.62. The Morgan fingerprint density at radius 2 is 1.78 bits per heavy atom. The summed E-state index contributed by atoms with van der Waals surface area (Å²) in [5, 5.41) is 19.1. The Hall–Kier alpha value is -2.60. The third kappa shape index (κ3) is 5.50. The number of aromatic nitrogens is 4. The molecule has 1 aliphatic heterocycles. The molecule has 11 heteroatoms. The molecule has 10 nitrogen and oxygen atoms in total. The van der Waals surface area contributed by atoms with E-state index >= 15 is 0 Å². The first-order valence-electron chi connectivity index (χ1n) is 13.4. The van der Waals surface area contributed by atoms with Gasteiger partial charge in [0.1, 0.15) is 5.69 Å². The van der Waals surface area contributed by atoms with Gasteiger partial charge < -0.3 is 16.2 Å². The number of piperidine rings is 1. The number of nitrogens with one attached hydrogen (secondary N) is 1. The highest BCUT2D eigenvalue weighted by Gasteiger charge is 2.29. The van der Waals surface area contributed by atoms with Crippen molar-refractivity contribution < 1.29 is 13.5 Å².